The van der Waals surface area contributed by atoms with Crippen LogP contribution in [0.3, 0.4) is 0 Å². The van der Waals surface area contributed by atoms with Gasteiger partial charge in [-0.1, -0.05) is 18.2 Å². The van der Waals surface area contributed by atoms with Gasteiger partial charge in [0.05, 0.1) is 19.3 Å². The molecule has 2 fully saturated rings. The van der Waals surface area contributed by atoms with Crippen molar-refractivity contribution in [1.82, 2.24) is 9.80 Å². The van der Waals surface area contributed by atoms with Crippen LogP contribution in [0, 0.1) is 5.82 Å². The molecule has 2 aliphatic rings. The number of likely N-dealkylation sites (tertiary alicyclic amines) is 2. The number of β-amino-alcohol motifs (C(OH)–C–C–N with tert-alkyl or cyclic N) is 1. The summed E-state index contributed by atoms with van der Waals surface area (Å²) in [6.07, 6.45) is 3.33. The van der Waals surface area contributed by atoms with Gasteiger partial charge in [-0.2, -0.15) is 0 Å². The topological polar surface area (TPSA) is 35.9 Å². The van der Waals surface area contributed by atoms with Crippen LogP contribution in [0.2, 0.25) is 0 Å². The molecule has 2 unspecified atom stereocenters. The number of aliphatic hydroxyl groups excluding tert-OH is 1. The zero-order valence-electron chi connectivity index (χ0n) is 13.7. The largest absolute Gasteiger partial charge is 0.389 e. The summed E-state index contributed by atoms with van der Waals surface area (Å²) in [5.74, 6) is -0.255. The van der Waals surface area contributed by atoms with Crippen molar-refractivity contribution in [2.45, 2.75) is 38.0 Å². The maximum atomic E-state index is 13.5. The maximum absolute atomic E-state index is 13.5. The van der Waals surface area contributed by atoms with E-state index in [9.17, 15) is 9.50 Å². The molecule has 4 nitrogen and oxygen atoms in total. The van der Waals surface area contributed by atoms with Crippen molar-refractivity contribution in [1.29, 1.82) is 0 Å². The minimum absolute atomic E-state index is 0.208. The number of hydrogen-bond acceptors (Lipinski definition) is 4. The maximum Gasteiger partial charge on any atom is 0.128 e. The van der Waals surface area contributed by atoms with Crippen LogP contribution in [-0.4, -0.2) is 66.4 Å². The van der Waals surface area contributed by atoms with Crippen molar-refractivity contribution in [2.24, 2.45) is 0 Å². The Kier molecular flexibility index (Phi) is 6.00. The molecule has 0 spiro atoms. The van der Waals surface area contributed by atoms with E-state index in [0.717, 1.165) is 13.1 Å². The van der Waals surface area contributed by atoms with E-state index < -0.39 is 6.10 Å². The Bertz CT molecular complexity index is 494. The Labute approximate surface area is 137 Å². The quantitative estimate of drug-likeness (QED) is 0.831. The van der Waals surface area contributed by atoms with E-state index in [-0.39, 0.29) is 19.0 Å². The number of benzene rings is 1. The summed E-state index contributed by atoms with van der Waals surface area (Å²) in [6, 6.07) is 7.25. The van der Waals surface area contributed by atoms with Crippen LogP contribution in [0.25, 0.3) is 0 Å². The molecule has 2 aliphatic heterocycles. The average molecular weight is 322 g/mol. The molecule has 0 bridgehead atoms. The summed E-state index contributed by atoms with van der Waals surface area (Å²) in [5.41, 5.74) is 0.537. The fourth-order valence-corrected chi connectivity index (χ4v) is 3.65. The molecule has 1 aromatic carbocycles. The Morgan fingerprint density at radius 1 is 1.22 bits per heavy atom. The van der Waals surface area contributed by atoms with E-state index in [0.29, 0.717) is 18.2 Å². The third-order valence-electron chi connectivity index (χ3n) is 4.90. The van der Waals surface area contributed by atoms with Gasteiger partial charge in [-0.05, 0) is 45.0 Å². The van der Waals surface area contributed by atoms with E-state index in [4.69, 9.17) is 4.74 Å². The number of hydrogen-bond donors (Lipinski definition) is 1. The molecular weight excluding hydrogens is 295 g/mol. The van der Waals surface area contributed by atoms with E-state index in [1.165, 1.54) is 38.4 Å². The van der Waals surface area contributed by atoms with Gasteiger partial charge in [0, 0.05) is 24.7 Å². The number of rotatable bonds is 7. The fraction of sp³-hybridized carbons (Fsp3) is 0.667. The lowest BCUT2D eigenvalue weighted by Crippen LogP contribution is -2.38. The smallest absolute Gasteiger partial charge is 0.128 e. The van der Waals surface area contributed by atoms with Gasteiger partial charge < -0.3 is 9.84 Å². The fourth-order valence-electron chi connectivity index (χ4n) is 3.65. The zero-order chi connectivity index (χ0) is 16.1. The van der Waals surface area contributed by atoms with Crippen LogP contribution < -0.4 is 0 Å². The molecule has 2 atom stereocenters. The van der Waals surface area contributed by atoms with Crippen molar-refractivity contribution in [3.05, 3.63) is 35.6 Å². The lowest BCUT2D eigenvalue weighted by atomic mass is 10.2. The van der Waals surface area contributed by atoms with Gasteiger partial charge in [0.1, 0.15) is 5.82 Å². The molecule has 1 N–H and O–H groups in total. The molecule has 3 rings (SSSR count). The van der Waals surface area contributed by atoms with E-state index in [1.807, 2.05) is 0 Å². The van der Waals surface area contributed by atoms with E-state index in [2.05, 4.69) is 9.80 Å². The van der Waals surface area contributed by atoms with E-state index >= 15 is 0 Å². The third-order valence-corrected chi connectivity index (χ3v) is 4.90. The Hall–Kier alpha value is -1.01. The molecule has 23 heavy (non-hydrogen) atoms. The van der Waals surface area contributed by atoms with Crippen molar-refractivity contribution >= 4 is 0 Å². The lowest BCUT2D eigenvalue weighted by molar-refractivity contribution is 0.0117. The van der Waals surface area contributed by atoms with Crippen LogP contribution in [0.1, 0.15) is 24.8 Å². The molecule has 0 saturated carbocycles. The number of nitrogens with zero attached hydrogens (tertiary/aromatic N) is 2. The van der Waals surface area contributed by atoms with E-state index in [1.54, 1.807) is 18.2 Å². The second-order valence-corrected chi connectivity index (χ2v) is 6.71. The minimum atomic E-state index is -0.515. The summed E-state index contributed by atoms with van der Waals surface area (Å²) in [7, 11) is 0. The molecular formula is C18H27FN2O2. The number of halogens is 1. The number of ether oxygens (including phenoxy) is 1. The minimum Gasteiger partial charge on any atom is -0.389 e. The first kappa shape index (κ1) is 16.8. The van der Waals surface area contributed by atoms with Gasteiger partial charge in [-0.25, -0.2) is 4.39 Å². The zero-order valence-corrected chi connectivity index (χ0v) is 13.7. The van der Waals surface area contributed by atoms with Gasteiger partial charge >= 0.3 is 0 Å². The van der Waals surface area contributed by atoms with Crippen molar-refractivity contribution in [2.75, 3.05) is 39.3 Å². The van der Waals surface area contributed by atoms with Gasteiger partial charge in [0.25, 0.3) is 0 Å². The SMILES string of the molecule is OC(COCc1ccccc1F)CN1CCC(N2CCCC2)C1. The highest BCUT2D eigenvalue weighted by Gasteiger charge is 2.29. The van der Waals surface area contributed by atoms with Crippen molar-refractivity contribution in [3.63, 3.8) is 0 Å². The van der Waals surface area contributed by atoms with Gasteiger partial charge in [-0.15, -0.1) is 0 Å². The average Bonchev–Trinajstić information content (AvgIpc) is 3.20. The van der Waals surface area contributed by atoms with Gasteiger partial charge in [0.2, 0.25) is 0 Å². The summed E-state index contributed by atoms with van der Waals surface area (Å²) in [4.78, 5) is 4.90. The van der Waals surface area contributed by atoms with Crippen LogP contribution in [0.5, 0.6) is 0 Å². The highest BCUT2D eigenvalue weighted by atomic mass is 19.1. The predicted molar refractivity (Wildman–Crippen MR) is 87.7 cm³/mol. The second-order valence-electron chi connectivity index (χ2n) is 6.71. The molecule has 1 aromatic rings. The first-order valence-corrected chi connectivity index (χ1v) is 8.68. The normalized spacial score (nSPS) is 24.3. The van der Waals surface area contributed by atoms with Crippen LogP contribution in [-0.2, 0) is 11.3 Å². The Morgan fingerprint density at radius 3 is 2.78 bits per heavy atom. The molecule has 2 heterocycles. The Balaban J connectivity index is 1.35. The van der Waals surface area contributed by atoms with Gasteiger partial charge in [0.15, 0.2) is 0 Å². The molecule has 0 radical (unpaired) electrons. The highest BCUT2D eigenvalue weighted by molar-refractivity contribution is 5.16. The second kappa shape index (κ2) is 8.20. The molecule has 0 aliphatic carbocycles. The van der Waals surface area contributed by atoms with Crippen molar-refractivity contribution in [3.8, 4) is 0 Å². The molecule has 0 amide bonds. The Morgan fingerprint density at radius 2 is 2.00 bits per heavy atom. The van der Waals surface area contributed by atoms with Crippen LogP contribution in [0.15, 0.2) is 24.3 Å². The summed E-state index contributed by atoms with van der Waals surface area (Å²) in [5, 5.41) is 10.1. The standard InChI is InChI=1S/C18H27FN2O2/c19-18-6-2-1-5-15(18)13-23-14-17(22)12-20-10-7-16(11-20)21-8-3-4-9-21/h1-2,5-6,16-17,22H,3-4,7-14H2. The summed E-state index contributed by atoms with van der Waals surface area (Å²) < 4.78 is 18.9. The summed E-state index contributed by atoms with van der Waals surface area (Å²) in [6.45, 7) is 5.65. The van der Waals surface area contributed by atoms with Crippen LogP contribution >= 0.6 is 0 Å². The lowest BCUT2D eigenvalue weighted by Gasteiger charge is -2.24. The highest BCUT2D eigenvalue weighted by Crippen LogP contribution is 2.20. The first-order valence-electron chi connectivity index (χ1n) is 8.68. The molecule has 2 saturated heterocycles. The van der Waals surface area contributed by atoms with Gasteiger partial charge in [-0.3, -0.25) is 9.80 Å². The van der Waals surface area contributed by atoms with Crippen molar-refractivity contribution < 1.29 is 14.2 Å². The molecule has 128 valence electrons. The third kappa shape index (κ3) is 4.73. The number of aliphatic hydroxyl groups is 1. The predicted octanol–water partition coefficient (Wildman–Crippen LogP) is 1.87. The first-order chi connectivity index (χ1) is 11.2. The molecule has 5 heteroatoms. The monoisotopic (exact) mass is 322 g/mol. The van der Waals surface area contributed by atoms with Crippen LogP contribution in [0.4, 0.5) is 4.39 Å². The molecule has 0 aromatic heterocycles. The summed E-state index contributed by atoms with van der Waals surface area (Å²) >= 11 is 0.